The first-order chi connectivity index (χ1) is 12.1. The monoisotopic (exact) mass is 340 g/mol. The van der Waals surface area contributed by atoms with Crippen molar-refractivity contribution in [3.05, 3.63) is 53.1 Å². The largest absolute Gasteiger partial charge is 0.456 e. The van der Waals surface area contributed by atoms with E-state index >= 15 is 0 Å². The molecule has 7 heteroatoms. The van der Waals surface area contributed by atoms with Gasteiger partial charge in [0.1, 0.15) is 11.5 Å². The van der Waals surface area contributed by atoms with Gasteiger partial charge in [0.05, 0.1) is 17.6 Å². The summed E-state index contributed by atoms with van der Waals surface area (Å²) in [5.41, 5.74) is 2.50. The molecule has 1 saturated carbocycles. The first-order valence-corrected chi connectivity index (χ1v) is 8.43. The van der Waals surface area contributed by atoms with Gasteiger partial charge in [-0.3, -0.25) is 9.48 Å². The number of carbonyl (C=O) groups is 1. The van der Waals surface area contributed by atoms with Gasteiger partial charge in [0, 0.05) is 24.7 Å². The highest BCUT2D eigenvalue weighted by molar-refractivity contribution is 6.02. The van der Waals surface area contributed by atoms with Crippen LogP contribution in [0.3, 0.4) is 0 Å². The molecule has 1 aliphatic rings. The maximum absolute atomic E-state index is 12.3. The van der Waals surface area contributed by atoms with Gasteiger partial charge in [0.15, 0.2) is 5.76 Å². The second-order valence-electron chi connectivity index (χ2n) is 6.59. The van der Waals surface area contributed by atoms with Crippen LogP contribution in [0.15, 0.2) is 33.5 Å². The molecule has 0 spiro atoms. The Kier molecular flexibility index (Phi) is 3.91. The summed E-state index contributed by atoms with van der Waals surface area (Å²) in [6.07, 6.45) is 6.59. The Morgan fingerprint density at radius 1 is 1.36 bits per heavy atom. The zero-order chi connectivity index (χ0) is 17.4. The highest BCUT2D eigenvalue weighted by atomic mass is 16.5. The van der Waals surface area contributed by atoms with Gasteiger partial charge >= 0.3 is 0 Å². The van der Waals surface area contributed by atoms with Crippen LogP contribution < -0.4 is 5.32 Å². The summed E-state index contributed by atoms with van der Waals surface area (Å²) < 4.78 is 12.7. The number of amides is 1. The van der Waals surface area contributed by atoms with E-state index in [1.807, 2.05) is 24.7 Å². The summed E-state index contributed by atoms with van der Waals surface area (Å²) in [5.74, 6) is 2.19. The van der Waals surface area contributed by atoms with Crippen molar-refractivity contribution in [1.82, 2.24) is 14.9 Å². The lowest BCUT2D eigenvalue weighted by Crippen LogP contribution is -2.10. The molecule has 3 aromatic heterocycles. The fraction of sp³-hybridized carbons (Fsp3) is 0.389. The van der Waals surface area contributed by atoms with E-state index in [-0.39, 0.29) is 11.7 Å². The van der Waals surface area contributed by atoms with Crippen LogP contribution in [0.5, 0.6) is 0 Å². The molecular weight excluding hydrogens is 320 g/mol. The average Bonchev–Trinajstić information content (AvgIpc) is 2.96. The molecule has 7 nitrogen and oxygen atoms in total. The van der Waals surface area contributed by atoms with Crippen LogP contribution in [0.4, 0.5) is 5.69 Å². The molecule has 0 aromatic carbocycles. The third-order valence-corrected chi connectivity index (χ3v) is 4.45. The molecule has 1 aliphatic carbocycles. The lowest BCUT2D eigenvalue weighted by molar-refractivity contribution is 0.0995. The van der Waals surface area contributed by atoms with Crippen molar-refractivity contribution >= 4 is 11.6 Å². The molecule has 0 bridgehead atoms. The van der Waals surface area contributed by atoms with Crippen molar-refractivity contribution in [2.45, 2.75) is 39.7 Å². The molecule has 0 aliphatic heterocycles. The van der Waals surface area contributed by atoms with E-state index in [4.69, 9.17) is 8.94 Å². The van der Waals surface area contributed by atoms with E-state index < -0.39 is 0 Å². The minimum atomic E-state index is -0.281. The van der Waals surface area contributed by atoms with Crippen molar-refractivity contribution in [2.75, 3.05) is 5.32 Å². The lowest BCUT2D eigenvalue weighted by atomic mass is 10.1. The fourth-order valence-corrected chi connectivity index (χ4v) is 2.81. The van der Waals surface area contributed by atoms with Gasteiger partial charge in [-0.1, -0.05) is 5.16 Å². The quantitative estimate of drug-likeness (QED) is 0.744. The normalized spacial score (nSPS) is 14.0. The Morgan fingerprint density at radius 3 is 2.92 bits per heavy atom. The van der Waals surface area contributed by atoms with Gasteiger partial charge < -0.3 is 14.3 Å². The maximum atomic E-state index is 12.3. The molecule has 3 aromatic rings. The summed E-state index contributed by atoms with van der Waals surface area (Å²) in [6.45, 7) is 4.67. The Hall–Kier alpha value is -2.83. The van der Waals surface area contributed by atoms with Crippen molar-refractivity contribution in [3.8, 4) is 0 Å². The molecule has 1 N–H and O–H groups in total. The molecule has 130 valence electrons. The molecule has 0 saturated heterocycles. The number of hydrogen-bond donors (Lipinski definition) is 1. The Balaban J connectivity index is 1.40. The summed E-state index contributed by atoms with van der Waals surface area (Å²) in [5, 5.41) is 11.0. The van der Waals surface area contributed by atoms with Crippen molar-refractivity contribution in [1.29, 1.82) is 0 Å². The maximum Gasteiger partial charge on any atom is 0.291 e. The summed E-state index contributed by atoms with van der Waals surface area (Å²) >= 11 is 0. The smallest absolute Gasteiger partial charge is 0.291 e. The van der Waals surface area contributed by atoms with Crippen LogP contribution in [-0.4, -0.2) is 20.8 Å². The first-order valence-electron chi connectivity index (χ1n) is 8.43. The van der Waals surface area contributed by atoms with Crippen LogP contribution in [0.1, 0.15) is 46.2 Å². The minimum Gasteiger partial charge on any atom is -0.456 e. The molecule has 1 fully saturated rings. The van der Waals surface area contributed by atoms with Crippen LogP contribution in [0.25, 0.3) is 0 Å². The van der Waals surface area contributed by atoms with Crippen molar-refractivity contribution < 1.29 is 13.7 Å². The van der Waals surface area contributed by atoms with E-state index in [0.29, 0.717) is 17.9 Å². The van der Waals surface area contributed by atoms with E-state index in [9.17, 15) is 4.79 Å². The average molecular weight is 340 g/mol. The standard InChI is InChI=1S/C18H20N4O3/c1-11-16(12(2)25-21-11)7-15-5-6-17(24-15)18(23)20-14-8-19-22(10-14)9-13-3-4-13/h5-6,8,10,13H,3-4,7,9H2,1-2H3,(H,20,23). The number of aromatic nitrogens is 3. The Labute approximate surface area is 145 Å². The van der Waals surface area contributed by atoms with E-state index in [2.05, 4.69) is 15.6 Å². The van der Waals surface area contributed by atoms with E-state index in [1.54, 1.807) is 18.3 Å². The zero-order valence-corrected chi connectivity index (χ0v) is 14.3. The van der Waals surface area contributed by atoms with Gasteiger partial charge in [0.2, 0.25) is 0 Å². The number of carbonyl (C=O) groups excluding carboxylic acids is 1. The van der Waals surface area contributed by atoms with Crippen LogP contribution >= 0.6 is 0 Å². The van der Waals surface area contributed by atoms with Crippen LogP contribution in [0.2, 0.25) is 0 Å². The number of rotatable bonds is 6. The molecule has 0 unspecified atom stereocenters. The number of aryl methyl sites for hydroxylation is 2. The second kappa shape index (κ2) is 6.23. The van der Waals surface area contributed by atoms with Gasteiger partial charge in [-0.15, -0.1) is 0 Å². The molecular formula is C18H20N4O3. The summed E-state index contributed by atoms with van der Waals surface area (Å²) in [4.78, 5) is 12.3. The third kappa shape index (κ3) is 3.50. The van der Waals surface area contributed by atoms with Gasteiger partial charge in [-0.05, 0) is 44.7 Å². The molecule has 4 rings (SSSR count). The minimum absolute atomic E-state index is 0.275. The number of anilines is 1. The predicted molar refractivity (Wildman–Crippen MR) is 90.4 cm³/mol. The molecule has 3 heterocycles. The summed E-state index contributed by atoms with van der Waals surface area (Å²) in [7, 11) is 0. The molecule has 0 radical (unpaired) electrons. The number of hydrogen-bond acceptors (Lipinski definition) is 5. The number of furan rings is 1. The number of nitrogens with one attached hydrogen (secondary N) is 1. The van der Waals surface area contributed by atoms with Gasteiger partial charge in [-0.2, -0.15) is 5.10 Å². The Morgan fingerprint density at radius 2 is 2.20 bits per heavy atom. The summed E-state index contributed by atoms with van der Waals surface area (Å²) in [6, 6.07) is 3.48. The van der Waals surface area contributed by atoms with Gasteiger partial charge in [-0.25, -0.2) is 0 Å². The third-order valence-electron chi connectivity index (χ3n) is 4.45. The van der Waals surface area contributed by atoms with Crippen molar-refractivity contribution in [2.24, 2.45) is 5.92 Å². The predicted octanol–water partition coefficient (Wildman–Crippen LogP) is 3.33. The molecule has 1 amide bonds. The molecule has 0 atom stereocenters. The van der Waals surface area contributed by atoms with E-state index in [1.165, 1.54) is 12.8 Å². The highest BCUT2D eigenvalue weighted by Crippen LogP contribution is 2.30. The van der Waals surface area contributed by atoms with Crippen LogP contribution in [-0.2, 0) is 13.0 Å². The van der Waals surface area contributed by atoms with E-state index in [0.717, 1.165) is 29.5 Å². The Bertz CT molecular complexity index is 882. The highest BCUT2D eigenvalue weighted by Gasteiger charge is 2.22. The molecule has 25 heavy (non-hydrogen) atoms. The zero-order valence-electron chi connectivity index (χ0n) is 14.3. The lowest BCUT2D eigenvalue weighted by Gasteiger charge is -2.00. The second-order valence-corrected chi connectivity index (χ2v) is 6.59. The first kappa shape index (κ1) is 15.7. The SMILES string of the molecule is Cc1noc(C)c1Cc1ccc(C(=O)Nc2cnn(CC3CC3)c2)o1. The van der Waals surface area contributed by atoms with Crippen LogP contribution in [0, 0.1) is 19.8 Å². The topological polar surface area (TPSA) is 86.1 Å². The van der Waals surface area contributed by atoms with Gasteiger partial charge in [0.25, 0.3) is 5.91 Å². The number of nitrogens with zero attached hydrogens (tertiary/aromatic N) is 3. The fourth-order valence-electron chi connectivity index (χ4n) is 2.81. The van der Waals surface area contributed by atoms with Crippen molar-refractivity contribution in [3.63, 3.8) is 0 Å².